The van der Waals surface area contributed by atoms with Crippen molar-refractivity contribution < 1.29 is 21.9 Å². The Balaban J connectivity index is 2.23. The normalized spacial score (nSPS) is 26.5. The van der Waals surface area contributed by atoms with Gasteiger partial charge in [0.15, 0.2) is 0 Å². The van der Waals surface area contributed by atoms with Crippen LogP contribution in [0.1, 0.15) is 30.7 Å². The van der Waals surface area contributed by atoms with Crippen LogP contribution in [-0.4, -0.2) is 31.7 Å². The number of benzene rings is 1. The van der Waals surface area contributed by atoms with Crippen molar-refractivity contribution in [2.75, 3.05) is 6.26 Å². The van der Waals surface area contributed by atoms with E-state index >= 15 is 0 Å². The molecule has 0 amide bonds. The summed E-state index contributed by atoms with van der Waals surface area (Å²) in [5, 5.41) is 11.2. The molecule has 116 valence electrons. The predicted octanol–water partition coefficient (Wildman–Crippen LogP) is 2.08. The van der Waals surface area contributed by atoms with Crippen molar-refractivity contribution in [2.45, 2.75) is 37.3 Å². The van der Waals surface area contributed by atoms with E-state index in [-0.39, 0.29) is 17.8 Å². The highest BCUT2D eigenvalue weighted by atomic mass is 32.2. The summed E-state index contributed by atoms with van der Waals surface area (Å²) in [6.07, 6.45) is 1.15. The molecule has 3 atom stereocenters. The van der Waals surface area contributed by atoms with Gasteiger partial charge in [0.05, 0.1) is 18.3 Å². The Labute approximate surface area is 122 Å². The zero-order valence-corrected chi connectivity index (χ0v) is 12.3. The first-order chi connectivity index (χ1) is 9.76. The summed E-state index contributed by atoms with van der Waals surface area (Å²) in [7, 11) is -3.60. The fourth-order valence-corrected chi connectivity index (χ4v) is 3.44. The number of halogens is 1. The van der Waals surface area contributed by atoms with Crippen LogP contribution >= 0.6 is 0 Å². The van der Waals surface area contributed by atoms with Crippen LogP contribution in [-0.2, 0) is 14.3 Å². The Morgan fingerprint density at radius 2 is 1.90 bits per heavy atom. The molecule has 21 heavy (non-hydrogen) atoms. The molecule has 0 radical (unpaired) electrons. The second-order valence-corrected chi connectivity index (χ2v) is 6.85. The monoisotopic (exact) mass is 317 g/mol. The molecule has 1 fully saturated rings. The lowest BCUT2D eigenvalue weighted by atomic mass is 9.79. The summed E-state index contributed by atoms with van der Waals surface area (Å²) < 4.78 is 40.3. The maximum Gasteiger partial charge on any atom is 0.264 e. The quantitative estimate of drug-likeness (QED) is 0.482. The van der Waals surface area contributed by atoms with Crippen molar-refractivity contribution in [1.29, 1.82) is 0 Å². The minimum atomic E-state index is -3.60. The number of rotatable bonds is 4. The molecule has 6 nitrogen and oxygen atoms in total. The third-order valence-electron chi connectivity index (χ3n) is 3.65. The van der Waals surface area contributed by atoms with Crippen LogP contribution in [0.5, 0.6) is 0 Å². The van der Waals surface area contributed by atoms with Crippen molar-refractivity contribution in [2.24, 2.45) is 0 Å². The van der Waals surface area contributed by atoms with Crippen LogP contribution in [0.15, 0.2) is 24.3 Å². The SMILES string of the molecule is CS(=O)(=O)OC1CCC([N+](=O)[O-])C(c2ccc(F)cc2)C1. The smallest absolute Gasteiger partial charge is 0.264 e. The fraction of sp³-hybridized carbons (Fsp3) is 0.538. The van der Waals surface area contributed by atoms with Gasteiger partial charge in [0.25, 0.3) is 10.1 Å². The standard InChI is InChI=1S/C13H16FNO5S/c1-21(18,19)20-11-6-7-13(15(16)17)12(8-11)9-2-4-10(14)5-3-9/h2-5,11-13H,6-8H2,1H3. The molecule has 0 saturated heterocycles. The van der Waals surface area contributed by atoms with Crippen molar-refractivity contribution >= 4 is 10.1 Å². The summed E-state index contributed by atoms with van der Waals surface area (Å²) in [5.74, 6) is -0.905. The molecule has 0 spiro atoms. The summed E-state index contributed by atoms with van der Waals surface area (Å²) in [4.78, 5) is 10.8. The lowest BCUT2D eigenvalue weighted by molar-refractivity contribution is -0.530. The molecule has 1 saturated carbocycles. The van der Waals surface area contributed by atoms with Crippen LogP contribution in [0.4, 0.5) is 4.39 Å². The average Bonchev–Trinajstić information content (AvgIpc) is 2.37. The van der Waals surface area contributed by atoms with Crippen molar-refractivity contribution in [3.8, 4) is 0 Å². The topological polar surface area (TPSA) is 86.5 Å². The van der Waals surface area contributed by atoms with Gasteiger partial charge in [0.2, 0.25) is 6.04 Å². The van der Waals surface area contributed by atoms with E-state index in [9.17, 15) is 22.9 Å². The summed E-state index contributed by atoms with van der Waals surface area (Å²) in [5.41, 5.74) is 0.625. The van der Waals surface area contributed by atoms with Crippen molar-refractivity contribution in [3.63, 3.8) is 0 Å². The Morgan fingerprint density at radius 1 is 1.29 bits per heavy atom. The predicted molar refractivity (Wildman–Crippen MR) is 73.5 cm³/mol. The molecular formula is C13H16FNO5S. The summed E-state index contributed by atoms with van der Waals surface area (Å²) in [6, 6.07) is 4.68. The Kier molecular flexibility index (Phi) is 4.58. The Hall–Kier alpha value is -1.54. The average molecular weight is 317 g/mol. The van der Waals surface area contributed by atoms with Gasteiger partial charge in [-0.15, -0.1) is 0 Å². The van der Waals surface area contributed by atoms with Crippen LogP contribution in [0.25, 0.3) is 0 Å². The van der Waals surface area contributed by atoms with E-state index in [1.54, 1.807) is 0 Å². The molecule has 0 heterocycles. The fourth-order valence-electron chi connectivity index (χ4n) is 2.77. The van der Waals surface area contributed by atoms with Gasteiger partial charge in [-0.2, -0.15) is 8.42 Å². The van der Waals surface area contributed by atoms with Gasteiger partial charge in [-0.05, 0) is 30.5 Å². The largest absolute Gasteiger partial charge is 0.267 e. The highest BCUT2D eigenvalue weighted by Crippen LogP contribution is 2.36. The van der Waals surface area contributed by atoms with Gasteiger partial charge in [0.1, 0.15) is 5.82 Å². The lowest BCUT2D eigenvalue weighted by Gasteiger charge is -2.30. The Bertz CT molecular complexity index is 616. The maximum atomic E-state index is 13.0. The molecule has 1 aliphatic carbocycles. The highest BCUT2D eigenvalue weighted by Gasteiger charge is 2.40. The van der Waals surface area contributed by atoms with Crippen LogP contribution in [0.3, 0.4) is 0 Å². The molecular weight excluding hydrogens is 301 g/mol. The van der Waals surface area contributed by atoms with Gasteiger partial charge in [-0.3, -0.25) is 14.3 Å². The Morgan fingerprint density at radius 3 is 2.43 bits per heavy atom. The minimum Gasteiger partial charge on any atom is -0.267 e. The molecule has 3 unspecified atom stereocenters. The van der Waals surface area contributed by atoms with Crippen molar-refractivity contribution in [1.82, 2.24) is 0 Å². The first kappa shape index (κ1) is 15.8. The van der Waals surface area contributed by atoms with E-state index in [1.165, 1.54) is 24.3 Å². The first-order valence-electron chi connectivity index (χ1n) is 6.53. The minimum absolute atomic E-state index is 0.227. The first-order valence-corrected chi connectivity index (χ1v) is 8.35. The van der Waals surface area contributed by atoms with E-state index in [1.807, 2.05) is 0 Å². The maximum absolute atomic E-state index is 13.0. The number of hydrogen-bond donors (Lipinski definition) is 0. The van der Waals surface area contributed by atoms with Crippen molar-refractivity contribution in [3.05, 3.63) is 45.8 Å². The second kappa shape index (κ2) is 6.07. The van der Waals surface area contributed by atoms with E-state index in [4.69, 9.17) is 4.18 Å². The van der Waals surface area contributed by atoms with E-state index in [2.05, 4.69) is 0 Å². The number of nitro groups is 1. The molecule has 0 bridgehead atoms. The molecule has 1 aromatic carbocycles. The number of nitrogens with zero attached hydrogens (tertiary/aromatic N) is 1. The molecule has 1 aromatic rings. The van der Waals surface area contributed by atoms with Crippen LogP contribution < -0.4 is 0 Å². The van der Waals surface area contributed by atoms with Gasteiger partial charge in [-0.25, -0.2) is 4.39 Å². The van der Waals surface area contributed by atoms with Gasteiger partial charge < -0.3 is 0 Å². The van der Waals surface area contributed by atoms with Crippen LogP contribution in [0, 0.1) is 15.9 Å². The molecule has 0 N–H and O–H groups in total. The summed E-state index contributed by atoms with van der Waals surface area (Å²) in [6.45, 7) is 0. The van der Waals surface area contributed by atoms with Gasteiger partial charge in [0, 0.05) is 11.3 Å². The van der Waals surface area contributed by atoms with Crippen LogP contribution in [0.2, 0.25) is 0 Å². The van der Waals surface area contributed by atoms with Gasteiger partial charge in [-0.1, -0.05) is 12.1 Å². The molecule has 8 heteroatoms. The van der Waals surface area contributed by atoms with E-state index in [0.717, 1.165) is 6.26 Å². The molecule has 1 aliphatic rings. The zero-order valence-electron chi connectivity index (χ0n) is 11.4. The van der Waals surface area contributed by atoms with E-state index < -0.39 is 34.0 Å². The van der Waals surface area contributed by atoms with E-state index in [0.29, 0.717) is 12.0 Å². The lowest BCUT2D eigenvalue weighted by Crippen LogP contribution is -2.37. The van der Waals surface area contributed by atoms with Gasteiger partial charge >= 0.3 is 0 Å². The zero-order chi connectivity index (χ0) is 15.6. The second-order valence-electron chi connectivity index (χ2n) is 5.25. The molecule has 0 aromatic heterocycles. The molecule has 0 aliphatic heterocycles. The highest BCUT2D eigenvalue weighted by molar-refractivity contribution is 7.86. The number of hydrogen-bond acceptors (Lipinski definition) is 5. The third kappa shape index (κ3) is 4.21. The summed E-state index contributed by atoms with van der Waals surface area (Å²) >= 11 is 0. The molecule has 2 rings (SSSR count). The third-order valence-corrected chi connectivity index (χ3v) is 4.27.